The first-order chi connectivity index (χ1) is 12.4. The number of benzene rings is 2. The van der Waals surface area contributed by atoms with E-state index in [1.807, 2.05) is 24.3 Å². The predicted octanol–water partition coefficient (Wildman–Crippen LogP) is 2.38. The normalized spacial score (nSPS) is 16.7. The van der Waals surface area contributed by atoms with Gasteiger partial charge in [-0.3, -0.25) is 0 Å². The summed E-state index contributed by atoms with van der Waals surface area (Å²) in [5, 5.41) is 8.90. The minimum Gasteiger partial charge on any atom is -0.461 e. The van der Waals surface area contributed by atoms with Gasteiger partial charge in [0.2, 0.25) is 10.0 Å². The standard InChI is InChI=1S/C18H18N2O5S/c1-2-24-18(21)16-11-17(25-20-16)14-5-3-12(4-6-14)13-7-9-15(10-8-13)26(19,22)23/h3-10,17H,2,11H2,1H3,(H2,19,22,23). The minimum absolute atomic E-state index is 0.0702. The molecule has 26 heavy (non-hydrogen) atoms. The topological polar surface area (TPSA) is 108 Å². The van der Waals surface area contributed by atoms with Crippen LogP contribution in [0.2, 0.25) is 0 Å². The third-order valence-electron chi connectivity index (χ3n) is 3.98. The highest BCUT2D eigenvalue weighted by atomic mass is 32.2. The summed E-state index contributed by atoms with van der Waals surface area (Å²) in [4.78, 5) is 17.1. The SMILES string of the molecule is CCOC(=O)C1=NOC(c2ccc(-c3ccc(S(N)(=O)=O)cc3)cc2)C1. The summed E-state index contributed by atoms with van der Waals surface area (Å²) in [6.45, 7) is 2.03. The number of rotatable bonds is 5. The number of carbonyl (C=O) groups excluding carboxylic acids is 1. The summed E-state index contributed by atoms with van der Waals surface area (Å²) < 4.78 is 27.5. The van der Waals surface area contributed by atoms with Crippen molar-refractivity contribution in [1.29, 1.82) is 0 Å². The van der Waals surface area contributed by atoms with E-state index in [1.54, 1.807) is 19.1 Å². The molecule has 1 unspecified atom stereocenters. The van der Waals surface area contributed by atoms with E-state index in [0.717, 1.165) is 16.7 Å². The minimum atomic E-state index is -3.70. The zero-order valence-electron chi connectivity index (χ0n) is 14.1. The number of primary sulfonamides is 1. The molecule has 1 aliphatic rings. The van der Waals surface area contributed by atoms with E-state index in [9.17, 15) is 13.2 Å². The van der Waals surface area contributed by atoms with Crippen molar-refractivity contribution in [2.75, 3.05) is 6.61 Å². The second-order valence-corrected chi connectivity index (χ2v) is 7.31. The van der Waals surface area contributed by atoms with Crippen LogP contribution >= 0.6 is 0 Å². The number of oxime groups is 1. The number of nitrogens with two attached hydrogens (primary N) is 1. The number of carbonyl (C=O) groups is 1. The van der Waals surface area contributed by atoms with Crippen LogP contribution in [-0.2, 0) is 24.4 Å². The second-order valence-electron chi connectivity index (χ2n) is 5.75. The Morgan fingerprint density at radius 1 is 1.15 bits per heavy atom. The van der Waals surface area contributed by atoms with Gasteiger partial charge in [0.1, 0.15) is 0 Å². The van der Waals surface area contributed by atoms with E-state index in [-0.39, 0.29) is 16.7 Å². The molecule has 0 fully saturated rings. The molecule has 1 aliphatic heterocycles. The Kier molecular flexibility index (Phi) is 5.06. The van der Waals surface area contributed by atoms with Crippen LogP contribution in [0.1, 0.15) is 25.0 Å². The Hall–Kier alpha value is -2.71. The van der Waals surface area contributed by atoms with Crippen molar-refractivity contribution in [2.45, 2.75) is 24.3 Å². The Morgan fingerprint density at radius 3 is 2.27 bits per heavy atom. The van der Waals surface area contributed by atoms with Crippen molar-refractivity contribution in [2.24, 2.45) is 10.3 Å². The molecule has 0 saturated heterocycles. The molecule has 0 aliphatic carbocycles. The highest BCUT2D eigenvalue weighted by Crippen LogP contribution is 2.30. The van der Waals surface area contributed by atoms with Crippen LogP contribution in [0, 0.1) is 0 Å². The van der Waals surface area contributed by atoms with Gasteiger partial charge in [-0.25, -0.2) is 18.4 Å². The van der Waals surface area contributed by atoms with Gasteiger partial charge in [0, 0.05) is 6.42 Å². The molecule has 0 amide bonds. The summed E-state index contributed by atoms with van der Waals surface area (Å²) in [6, 6.07) is 13.9. The Morgan fingerprint density at radius 2 is 1.73 bits per heavy atom. The van der Waals surface area contributed by atoms with Crippen LogP contribution < -0.4 is 5.14 Å². The molecule has 2 N–H and O–H groups in total. The molecular formula is C18H18N2O5S. The summed E-state index contributed by atoms with van der Waals surface area (Å²) in [7, 11) is -3.70. The quantitative estimate of drug-likeness (QED) is 0.809. The van der Waals surface area contributed by atoms with Gasteiger partial charge in [-0.1, -0.05) is 41.6 Å². The molecule has 0 spiro atoms. The third kappa shape index (κ3) is 3.92. The van der Waals surface area contributed by atoms with Crippen molar-refractivity contribution in [3.05, 3.63) is 54.1 Å². The summed E-state index contributed by atoms with van der Waals surface area (Å²) in [6.07, 6.45) is 0.0366. The molecule has 2 aromatic carbocycles. The fourth-order valence-corrected chi connectivity index (χ4v) is 3.13. The monoisotopic (exact) mass is 374 g/mol. The molecule has 2 aromatic rings. The van der Waals surface area contributed by atoms with E-state index in [4.69, 9.17) is 14.7 Å². The lowest BCUT2D eigenvalue weighted by atomic mass is 10.00. The number of ether oxygens (including phenoxy) is 1. The molecular weight excluding hydrogens is 356 g/mol. The molecule has 1 heterocycles. The maximum absolute atomic E-state index is 11.7. The lowest BCUT2D eigenvalue weighted by Crippen LogP contribution is -2.16. The average Bonchev–Trinajstić information content (AvgIpc) is 3.12. The van der Waals surface area contributed by atoms with Gasteiger partial charge in [-0.05, 0) is 35.7 Å². The maximum atomic E-state index is 11.7. The fourth-order valence-electron chi connectivity index (χ4n) is 2.62. The smallest absolute Gasteiger partial charge is 0.356 e. The number of hydrogen-bond acceptors (Lipinski definition) is 6. The Balaban J connectivity index is 1.71. The van der Waals surface area contributed by atoms with Gasteiger partial charge in [0.05, 0.1) is 11.5 Å². The van der Waals surface area contributed by atoms with Crippen LogP contribution in [-0.4, -0.2) is 26.7 Å². The highest BCUT2D eigenvalue weighted by Gasteiger charge is 2.28. The van der Waals surface area contributed by atoms with E-state index in [0.29, 0.717) is 13.0 Å². The number of sulfonamides is 1. The maximum Gasteiger partial charge on any atom is 0.356 e. The molecule has 136 valence electrons. The average molecular weight is 374 g/mol. The molecule has 0 aromatic heterocycles. The second kappa shape index (κ2) is 7.27. The van der Waals surface area contributed by atoms with Crippen LogP contribution in [0.5, 0.6) is 0 Å². The van der Waals surface area contributed by atoms with E-state index < -0.39 is 16.0 Å². The molecule has 7 nitrogen and oxygen atoms in total. The summed E-state index contributed by atoms with van der Waals surface area (Å²) >= 11 is 0. The van der Waals surface area contributed by atoms with Crippen molar-refractivity contribution < 1.29 is 22.8 Å². The van der Waals surface area contributed by atoms with Gasteiger partial charge in [-0.15, -0.1) is 0 Å². The molecule has 1 atom stereocenters. The van der Waals surface area contributed by atoms with Crippen LogP contribution in [0.15, 0.2) is 58.6 Å². The van der Waals surface area contributed by atoms with Crippen molar-refractivity contribution in [1.82, 2.24) is 0 Å². The first kappa shape index (κ1) is 18.1. The summed E-state index contributed by atoms with van der Waals surface area (Å²) in [5.41, 5.74) is 2.94. The largest absolute Gasteiger partial charge is 0.461 e. The Bertz CT molecular complexity index is 935. The van der Waals surface area contributed by atoms with Gasteiger partial charge in [0.15, 0.2) is 11.8 Å². The van der Waals surface area contributed by atoms with Gasteiger partial charge >= 0.3 is 5.97 Å². The zero-order chi connectivity index (χ0) is 18.7. The van der Waals surface area contributed by atoms with Gasteiger partial charge in [-0.2, -0.15) is 0 Å². The van der Waals surface area contributed by atoms with E-state index >= 15 is 0 Å². The van der Waals surface area contributed by atoms with E-state index in [2.05, 4.69) is 5.16 Å². The molecule has 0 saturated carbocycles. The lowest BCUT2D eigenvalue weighted by molar-refractivity contribution is -0.135. The van der Waals surface area contributed by atoms with Crippen LogP contribution in [0.25, 0.3) is 11.1 Å². The highest BCUT2D eigenvalue weighted by molar-refractivity contribution is 7.89. The summed E-state index contributed by atoms with van der Waals surface area (Å²) in [5.74, 6) is -0.457. The van der Waals surface area contributed by atoms with Gasteiger partial charge < -0.3 is 9.57 Å². The lowest BCUT2D eigenvalue weighted by Gasteiger charge is -2.10. The fraction of sp³-hybridized carbons (Fsp3) is 0.222. The van der Waals surface area contributed by atoms with Gasteiger partial charge in [0.25, 0.3) is 0 Å². The molecule has 0 bridgehead atoms. The number of esters is 1. The van der Waals surface area contributed by atoms with E-state index in [1.165, 1.54) is 12.1 Å². The first-order valence-corrected chi connectivity index (χ1v) is 9.56. The van der Waals surface area contributed by atoms with Crippen molar-refractivity contribution in [3.8, 4) is 11.1 Å². The Labute approximate surface area is 151 Å². The third-order valence-corrected chi connectivity index (χ3v) is 4.91. The van der Waals surface area contributed by atoms with Crippen LogP contribution in [0.3, 0.4) is 0 Å². The molecule has 8 heteroatoms. The zero-order valence-corrected chi connectivity index (χ0v) is 14.9. The van der Waals surface area contributed by atoms with Crippen LogP contribution in [0.4, 0.5) is 0 Å². The first-order valence-electron chi connectivity index (χ1n) is 8.01. The molecule has 0 radical (unpaired) electrons. The number of nitrogens with zero attached hydrogens (tertiary/aromatic N) is 1. The number of hydrogen-bond donors (Lipinski definition) is 1. The molecule has 3 rings (SSSR count). The van der Waals surface area contributed by atoms with Crippen molar-refractivity contribution in [3.63, 3.8) is 0 Å². The van der Waals surface area contributed by atoms with Crippen molar-refractivity contribution >= 4 is 21.7 Å². The predicted molar refractivity (Wildman–Crippen MR) is 95.8 cm³/mol.